The van der Waals surface area contributed by atoms with Crippen LogP contribution in [0.5, 0.6) is 0 Å². The van der Waals surface area contributed by atoms with Gasteiger partial charge in [-0.3, -0.25) is 9.59 Å². The maximum Gasteiger partial charge on any atom is 0.304 e. The highest BCUT2D eigenvalue weighted by atomic mass is 28.2. The molecule has 3 atom stereocenters. The van der Waals surface area contributed by atoms with Crippen LogP contribution in [0.3, 0.4) is 0 Å². The van der Waals surface area contributed by atoms with E-state index in [1.807, 2.05) is 20.8 Å². The van der Waals surface area contributed by atoms with E-state index < -0.39 is 25.8 Å². The molecule has 1 saturated heterocycles. The van der Waals surface area contributed by atoms with Crippen molar-refractivity contribution >= 4 is 31.4 Å². The number of esters is 1. The van der Waals surface area contributed by atoms with Crippen LogP contribution in [-0.2, 0) is 23.2 Å². The average molecular weight is 334 g/mol. The summed E-state index contributed by atoms with van der Waals surface area (Å²) in [5.74, 6) is -0.846. The zero-order chi connectivity index (χ0) is 16.2. The van der Waals surface area contributed by atoms with Gasteiger partial charge in [-0.15, -0.1) is 0 Å². The Labute approximate surface area is 131 Å². The van der Waals surface area contributed by atoms with Crippen molar-refractivity contribution in [2.45, 2.75) is 53.3 Å². The molecular weight excluding hydrogens is 306 g/mol. The van der Waals surface area contributed by atoms with Gasteiger partial charge in [0.1, 0.15) is 6.29 Å². The highest BCUT2D eigenvalue weighted by Crippen LogP contribution is 2.41. The Bertz CT molecular complexity index is 385. The fourth-order valence-electron chi connectivity index (χ4n) is 2.60. The predicted octanol–water partition coefficient (Wildman–Crippen LogP) is -0.0930. The number of carbonyl (C=O) groups is 2. The molecule has 0 unspecified atom stereocenters. The van der Waals surface area contributed by atoms with Crippen LogP contribution in [0.15, 0.2) is 0 Å². The zero-order valence-corrected chi connectivity index (χ0v) is 16.6. The van der Waals surface area contributed by atoms with Crippen molar-refractivity contribution in [3.8, 4) is 0 Å². The lowest BCUT2D eigenvalue weighted by Gasteiger charge is -2.47. The Hall–Kier alpha value is -0.706. The number of rotatable bonds is 8. The first kappa shape index (κ1) is 18.3. The SMILES string of the molecule is C[SiH2]OC(O[SiH2]C)C(C)(C)[C@H](C)[C@H]1C(=O)N[C@@H]1OC(C)=O. The highest BCUT2D eigenvalue weighted by Gasteiger charge is 2.52. The molecule has 1 N–H and O–H groups in total. The number of nitrogens with one attached hydrogen (secondary N) is 1. The maximum absolute atomic E-state index is 11.9. The van der Waals surface area contributed by atoms with Gasteiger partial charge in [-0.05, 0) is 5.92 Å². The molecular formula is C13H27NO5Si2. The first-order valence-electron chi connectivity index (χ1n) is 7.46. The number of hydrogen-bond donors (Lipinski definition) is 1. The van der Waals surface area contributed by atoms with Gasteiger partial charge in [-0.1, -0.05) is 33.9 Å². The van der Waals surface area contributed by atoms with Crippen molar-refractivity contribution in [1.82, 2.24) is 5.32 Å². The van der Waals surface area contributed by atoms with E-state index in [-0.39, 0.29) is 35.4 Å². The second-order valence-electron chi connectivity index (χ2n) is 5.92. The van der Waals surface area contributed by atoms with Crippen molar-refractivity contribution in [1.29, 1.82) is 0 Å². The number of ether oxygens (including phenoxy) is 1. The minimum absolute atomic E-state index is 0.0262. The third-order valence-electron chi connectivity index (χ3n) is 4.16. The normalized spacial score (nSPS) is 25.9. The Morgan fingerprint density at radius 1 is 1.29 bits per heavy atom. The largest absolute Gasteiger partial charge is 0.441 e. The molecule has 6 nitrogen and oxygen atoms in total. The second kappa shape index (κ2) is 7.52. The van der Waals surface area contributed by atoms with Crippen LogP contribution in [-0.4, -0.2) is 43.9 Å². The van der Waals surface area contributed by atoms with E-state index in [1.165, 1.54) is 6.92 Å². The molecule has 0 radical (unpaired) electrons. The molecule has 8 heteroatoms. The van der Waals surface area contributed by atoms with E-state index in [0.717, 1.165) is 0 Å². The molecule has 21 heavy (non-hydrogen) atoms. The van der Waals surface area contributed by atoms with E-state index in [1.54, 1.807) is 0 Å². The molecule has 1 rings (SSSR count). The van der Waals surface area contributed by atoms with E-state index in [0.29, 0.717) is 0 Å². The molecule has 122 valence electrons. The smallest absolute Gasteiger partial charge is 0.304 e. The first-order chi connectivity index (χ1) is 9.75. The lowest BCUT2D eigenvalue weighted by atomic mass is 9.69. The Morgan fingerprint density at radius 3 is 2.19 bits per heavy atom. The molecule has 1 aliphatic heterocycles. The van der Waals surface area contributed by atoms with Crippen LogP contribution in [0.25, 0.3) is 0 Å². The molecule has 0 saturated carbocycles. The van der Waals surface area contributed by atoms with Crippen molar-refractivity contribution in [3.63, 3.8) is 0 Å². The molecule has 1 heterocycles. The van der Waals surface area contributed by atoms with Gasteiger partial charge in [0.2, 0.25) is 5.91 Å². The molecule has 1 amide bonds. The number of carbonyl (C=O) groups excluding carboxylic acids is 2. The summed E-state index contributed by atoms with van der Waals surface area (Å²) < 4.78 is 16.9. The monoisotopic (exact) mass is 333 g/mol. The lowest BCUT2D eigenvalue weighted by Crippen LogP contribution is -2.64. The van der Waals surface area contributed by atoms with Crippen molar-refractivity contribution in [2.24, 2.45) is 17.3 Å². The third-order valence-corrected chi connectivity index (χ3v) is 5.43. The molecule has 0 aromatic carbocycles. The van der Waals surface area contributed by atoms with E-state index in [2.05, 4.69) is 18.4 Å². The van der Waals surface area contributed by atoms with E-state index >= 15 is 0 Å². The van der Waals surface area contributed by atoms with Crippen molar-refractivity contribution < 1.29 is 23.2 Å². The lowest BCUT2D eigenvalue weighted by molar-refractivity contribution is -0.181. The molecule has 0 aromatic heterocycles. The minimum Gasteiger partial charge on any atom is -0.441 e. The quantitative estimate of drug-likeness (QED) is 0.291. The Morgan fingerprint density at radius 2 is 1.81 bits per heavy atom. The summed E-state index contributed by atoms with van der Waals surface area (Å²) in [5.41, 5.74) is -0.327. The van der Waals surface area contributed by atoms with Crippen molar-refractivity contribution in [2.75, 3.05) is 0 Å². The predicted molar refractivity (Wildman–Crippen MR) is 84.9 cm³/mol. The van der Waals surface area contributed by atoms with E-state index in [9.17, 15) is 9.59 Å². The molecule has 0 bridgehead atoms. The Kier molecular flexibility index (Phi) is 6.57. The highest BCUT2D eigenvalue weighted by molar-refractivity contribution is 6.26. The van der Waals surface area contributed by atoms with Gasteiger partial charge in [0.25, 0.3) is 0 Å². The molecule has 0 spiro atoms. The van der Waals surface area contributed by atoms with Gasteiger partial charge in [-0.25, -0.2) is 0 Å². The van der Waals surface area contributed by atoms with Gasteiger partial charge in [0.15, 0.2) is 25.8 Å². The van der Waals surface area contributed by atoms with Crippen LogP contribution < -0.4 is 5.32 Å². The summed E-state index contributed by atoms with van der Waals surface area (Å²) in [6, 6.07) is 0. The maximum atomic E-state index is 11.9. The van der Waals surface area contributed by atoms with Crippen LogP contribution in [0.1, 0.15) is 27.7 Å². The van der Waals surface area contributed by atoms with Crippen LogP contribution >= 0.6 is 0 Å². The van der Waals surface area contributed by atoms with Gasteiger partial charge in [0.05, 0.1) is 5.92 Å². The molecule has 0 aromatic rings. The summed E-state index contributed by atoms with van der Waals surface area (Å²) in [7, 11) is -1.22. The van der Waals surface area contributed by atoms with Crippen LogP contribution in [0, 0.1) is 17.3 Å². The fraction of sp³-hybridized carbons (Fsp3) is 0.846. The second-order valence-corrected chi connectivity index (χ2v) is 7.74. The van der Waals surface area contributed by atoms with E-state index in [4.69, 9.17) is 13.6 Å². The third kappa shape index (κ3) is 4.15. The summed E-state index contributed by atoms with van der Waals surface area (Å²) in [4.78, 5) is 23.0. The molecule has 1 aliphatic rings. The van der Waals surface area contributed by atoms with Crippen LogP contribution in [0.2, 0.25) is 13.1 Å². The summed E-state index contributed by atoms with van der Waals surface area (Å²) in [5, 5.41) is 2.63. The topological polar surface area (TPSA) is 73.9 Å². The first-order valence-corrected chi connectivity index (χ1v) is 11.4. The minimum atomic E-state index is -0.611. The molecule has 0 aliphatic carbocycles. The zero-order valence-electron chi connectivity index (χ0n) is 13.8. The number of hydrogen-bond acceptors (Lipinski definition) is 5. The summed E-state index contributed by atoms with van der Waals surface area (Å²) in [6.45, 7) is 11.6. The Balaban J connectivity index is 2.84. The van der Waals surface area contributed by atoms with Gasteiger partial charge in [0, 0.05) is 12.3 Å². The van der Waals surface area contributed by atoms with Gasteiger partial charge >= 0.3 is 5.97 Å². The fourth-order valence-corrected chi connectivity index (χ4v) is 4.45. The molecule has 1 fully saturated rings. The summed E-state index contributed by atoms with van der Waals surface area (Å²) >= 11 is 0. The van der Waals surface area contributed by atoms with Crippen LogP contribution in [0.4, 0.5) is 0 Å². The number of β-lactam (4-membered cyclic amide) rings is 1. The van der Waals surface area contributed by atoms with Gasteiger partial charge in [-0.2, -0.15) is 0 Å². The average Bonchev–Trinajstić information content (AvgIpc) is 2.37. The number of amides is 1. The van der Waals surface area contributed by atoms with Crippen molar-refractivity contribution in [3.05, 3.63) is 0 Å². The van der Waals surface area contributed by atoms with Gasteiger partial charge < -0.3 is 18.9 Å². The standard InChI is InChI=1S/C13H27NO5Si2/c1-7(9-10(16)14-11(9)17-8(2)15)13(3,4)12(18-20-5)19-21-6/h7,9,11-12H,20-21H2,1-6H3,(H,14,16)/t7-,9+,11-/m1/s1. The summed E-state index contributed by atoms with van der Waals surface area (Å²) in [6.07, 6.45) is -0.824.